The van der Waals surface area contributed by atoms with Crippen LogP contribution >= 0.6 is 0 Å². The molecule has 7 nitrogen and oxygen atoms in total. The SMILES string of the molecule is CCCCCCCCCCCCCCOc1ccccc1NC(=O)c1cc(-n2nc3ccccc3n2)c2ccccc2c1O. The van der Waals surface area contributed by atoms with Gasteiger partial charge >= 0.3 is 0 Å². The number of nitrogens with one attached hydrogen (secondary N) is 1. The summed E-state index contributed by atoms with van der Waals surface area (Å²) in [6.07, 6.45) is 15.5. The van der Waals surface area contributed by atoms with Crippen LogP contribution in [0, 0.1) is 0 Å². The number of fused-ring (bicyclic) bond motifs is 2. The molecule has 0 unspecified atom stereocenters. The Morgan fingerprint density at radius 2 is 1.27 bits per heavy atom. The van der Waals surface area contributed by atoms with E-state index >= 15 is 0 Å². The normalized spacial score (nSPS) is 11.3. The lowest BCUT2D eigenvalue weighted by molar-refractivity contribution is 0.102. The molecule has 0 aliphatic heterocycles. The van der Waals surface area contributed by atoms with E-state index in [1.54, 1.807) is 12.1 Å². The van der Waals surface area contributed by atoms with E-state index in [9.17, 15) is 9.90 Å². The van der Waals surface area contributed by atoms with E-state index in [2.05, 4.69) is 22.4 Å². The number of phenolic OH excluding ortho intramolecular Hbond substituents is 1. The molecule has 1 heterocycles. The fraction of sp³-hybridized carbons (Fsp3) is 0.378. The van der Waals surface area contributed by atoms with Crippen molar-refractivity contribution in [2.45, 2.75) is 84.0 Å². The van der Waals surface area contributed by atoms with Crippen LogP contribution in [0.2, 0.25) is 0 Å². The summed E-state index contributed by atoms with van der Waals surface area (Å²) in [6.45, 7) is 2.86. The minimum Gasteiger partial charge on any atom is -0.506 e. The van der Waals surface area contributed by atoms with Gasteiger partial charge in [-0.2, -0.15) is 0 Å². The Labute approximate surface area is 260 Å². The number of para-hydroxylation sites is 2. The van der Waals surface area contributed by atoms with Gasteiger partial charge in [0.15, 0.2) is 0 Å². The molecule has 0 fully saturated rings. The molecule has 5 aromatic rings. The number of anilines is 1. The van der Waals surface area contributed by atoms with Gasteiger partial charge in [0.2, 0.25) is 0 Å². The van der Waals surface area contributed by atoms with Crippen LogP contribution in [0.1, 0.15) is 94.3 Å². The van der Waals surface area contributed by atoms with Crippen molar-refractivity contribution in [1.82, 2.24) is 15.0 Å². The maximum Gasteiger partial charge on any atom is 0.259 e. The molecule has 4 aromatic carbocycles. The van der Waals surface area contributed by atoms with Gasteiger partial charge in [0.05, 0.1) is 23.5 Å². The van der Waals surface area contributed by atoms with Gasteiger partial charge in [-0.1, -0.05) is 126 Å². The van der Waals surface area contributed by atoms with Gasteiger partial charge in [-0.3, -0.25) is 4.79 Å². The van der Waals surface area contributed by atoms with Crippen molar-refractivity contribution >= 4 is 33.4 Å². The van der Waals surface area contributed by atoms with E-state index < -0.39 is 5.91 Å². The van der Waals surface area contributed by atoms with Crippen molar-refractivity contribution in [1.29, 1.82) is 0 Å². The van der Waals surface area contributed by atoms with Crippen molar-refractivity contribution in [3.63, 3.8) is 0 Å². The summed E-state index contributed by atoms with van der Waals surface area (Å²) in [7, 11) is 0. The Bertz CT molecular complexity index is 1630. The lowest BCUT2D eigenvalue weighted by Gasteiger charge is -2.15. The van der Waals surface area contributed by atoms with Crippen LogP contribution in [-0.2, 0) is 0 Å². The van der Waals surface area contributed by atoms with Crippen LogP contribution < -0.4 is 10.1 Å². The van der Waals surface area contributed by atoms with E-state index in [0.717, 1.165) is 29.3 Å². The Hall–Kier alpha value is -4.39. The average Bonchev–Trinajstić information content (AvgIpc) is 3.48. The van der Waals surface area contributed by atoms with E-state index in [1.807, 2.05) is 66.7 Å². The second-order valence-electron chi connectivity index (χ2n) is 11.5. The zero-order valence-electron chi connectivity index (χ0n) is 25.8. The molecule has 0 bridgehead atoms. The lowest BCUT2D eigenvalue weighted by Crippen LogP contribution is -2.14. The molecule has 44 heavy (non-hydrogen) atoms. The molecule has 0 atom stereocenters. The monoisotopic (exact) mass is 592 g/mol. The number of phenols is 1. The molecule has 0 saturated carbocycles. The third-order valence-corrected chi connectivity index (χ3v) is 8.13. The molecule has 230 valence electrons. The number of nitrogens with zero attached hydrogens (tertiary/aromatic N) is 3. The van der Waals surface area contributed by atoms with Crippen LogP contribution in [0.4, 0.5) is 5.69 Å². The third kappa shape index (κ3) is 7.95. The molecule has 0 aliphatic rings. The van der Waals surface area contributed by atoms with Gasteiger partial charge in [0.25, 0.3) is 5.91 Å². The van der Waals surface area contributed by atoms with Crippen molar-refractivity contribution in [3.8, 4) is 17.2 Å². The topological polar surface area (TPSA) is 89.3 Å². The van der Waals surface area contributed by atoms with Crippen LogP contribution in [0.3, 0.4) is 0 Å². The number of amides is 1. The van der Waals surface area contributed by atoms with Gasteiger partial charge in [-0.15, -0.1) is 15.0 Å². The van der Waals surface area contributed by atoms with Gasteiger partial charge in [-0.05, 0) is 36.8 Å². The maximum absolute atomic E-state index is 13.6. The molecule has 0 saturated heterocycles. The molecule has 0 radical (unpaired) electrons. The minimum absolute atomic E-state index is 0.0894. The number of unbranched alkanes of at least 4 members (excludes halogenated alkanes) is 11. The molecular formula is C37H44N4O3. The number of carbonyl (C=O) groups excluding carboxylic acids is 1. The first-order chi connectivity index (χ1) is 21.7. The second-order valence-corrected chi connectivity index (χ2v) is 11.5. The van der Waals surface area contributed by atoms with Crippen molar-refractivity contribution in [3.05, 3.63) is 84.4 Å². The largest absolute Gasteiger partial charge is 0.506 e. The third-order valence-electron chi connectivity index (χ3n) is 8.13. The summed E-state index contributed by atoms with van der Waals surface area (Å²) in [6, 6.07) is 24.1. The summed E-state index contributed by atoms with van der Waals surface area (Å²) < 4.78 is 6.09. The Kier molecular flexibility index (Phi) is 11.2. The highest BCUT2D eigenvalue weighted by Gasteiger charge is 2.20. The highest BCUT2D eigenvalue weighted by Crippen LogP contribution is 2.35. The Morgan fingerprint density at radius 3 is 1.93 bits per heavy atom. The molecule has 5 rings (SSSR count). The molecule has 7 heteroatoms. The van der Waals surface area contributed by atoms with Gasteiger partial charge < -0.3 is 15.2 Å². The number of rotatable bonds is 17. The molecule has 1 amide bonds. The number of hydrogen-bond donors (Lipinski definition) is 2. The second kappa shape index (κ2) is 15.9. The minimum atomic E-state index is -0.437. The highest BCUT2D eigenvalue weighted by molar-refractivity contribution is 6.12. The van der Waals surface area contributed by atoms with Crippen molar-refractivity contribution in [2.24, 2.45) is 0 Å². The molecule has 2 N–H and O–H groups in total. The predicted molar refractivity (Wildman–Crippen MR) is 179 cm³/mol. The number of benzene rings is 4. The Balaban J connectivity index is 1.18. The summed E-state index contributed by atoms with van der Waals surface area (Å²) in [5, 5.41) is 24.7. The van der Waals surface area contributed by atoms with Gasteiger partial charge in [0.1, 0.15) is 22.5 Å². The van der Waals surface area contributed by atoms with E-state index in [1.165, 1.54) is 69.0 Å². The van der Waals surface area contributed by atoms with Gasteiger partial charge in [-0.25, -0.2) is 0 Å². The first-order valence-electron chi connectivity index (χ1n) is 16.3. The van der Waals surface area contributed by atoms with Crippen molar-refractivity contribution < 1.29 is 14.6 Å². The quantitative estimate of drug-likeness (QED) is 0.105. The first kappa shape index (κ1) is 31.0. The van der Waals surface area contributed by atoms with E-state index in [-0.39, 0.29) is 11.3 Å². The number of hydrogen-bond acceptors (Lipinski definition) is 5. The first-order valence-corrected chi connectivity index (χ1v) is 16.3. The van der Waals surface area contributed by atoms with Crippen molar-refractivity contribution in [2.75, 3.05) is 11.9 Å². The highest BCUT2D eigenvalue weighted by atomic mass is 16.5. The van der Waals surface area contributed by atoms with Crippen LogP contribution in [0.15, 0.2) is 78.9 Å². The smallest absolute Gasteiger partial charge is 0.259 e. The van der Waals surface area contributed by atoms with Gasteiger partial charge in [0, 0.05) is 10.8 Å². The fourth-order valence-electron chi connectivity index (χ4n) is 5.66. The fourth-order valence-corrected chi connectivity index (χ4v) is 5.66. The predicted octanol–water partition coefficient (Wildman–Crippen LogP) is 9.61. The molecular weight excluding hydrogens is 548 g/mol. The summed E-state index contributed by atoms with van der Waals surface area (Å²) in [5.41, 5.74) is 2.80. The summed E-state index contributed by atoms with van der Waals surface area (Å²) >= 11 is 0. The average molecular weight is 593 g/mol. The summed E-state index contributed by atoms with van der Waals surface area (Å²) in [5.74, 6) is 0.0884. The zero-order valence-corrected chi connectivity index (χ0v) is 25.8. The lowest BCUT2D eigenvalue weighted by atomic mass is 10.0. The van der Waals surface area contributed by atoms with Crippen LogP contribution in [0.5, 0.6) is 11.5 Å². The molecule has 0 spiro atoms. The number of carbonyl (C=O) groups is 1. The number of aromatic hydroxyl groups is 1. The van der Waals surface area contributed by atoms with Crippen LogP contribution in [0.25, 0.3) is 27.5 Å². The Morgan fingerprint density at radius 1 is 0.727 bits per heavy atom. The zero-order chi connectivity index (χ0) is 30.6. The molecule has 0 aliphatic carbocycles. The van der Waals surface area contributed by atoms with E-state index in [4.69, 9.17) is 4.74 Å². The summed E-state index contributed by atoms with van der Waals surface area (Å²) in [4.78, 5) is 15.1. The number of aromatic nitrogens is 3. The van der Waals surface area contributed by atoms with Crippen LogP contribution in [-0.4, -0.2) is 32.6 Å². The number of ether oxygens (including phenoxy) is 1. The standard InChI is InChI=1S/C37H44N4O3/c1-2-3-4-5-6-7-8-9-10-11-12-19-26-44-35-25-18-17-24-33(35)38-37(43)30-27-34(28-20-13-14-21-29(28)36(30)42)41-39-31-22-15-16-23-32(31)40-41/h13-18,20-25,27,42H,2-12,19,26H2,1H3,(H,38,43). The molecule has 1 aromatic heterocycles. The van der Waals surface area contributed by atoms with E-state index in [0.29, 0.717) is 29.1 Å². The maximum atomic E-state index is 13.6.